The van der Waals surface area contributed by atoms with Crippen LogP contribution in [0.5, 0.6) is 11.5 Å². The zero-order valence-electron chi connectivity index (χ0n) is 14.5. The third-order valence-corrected chi connectivity index (χ3v) is 4.39. The lowest BCUT2D eigenvalue weighted by Gasteiger charge is -2.24. The van der Waals surface area contributed by atoms with Gasteiger partial charge in [0.2, 0.25) is 0 Å². The van der Waals surface area contributed by atoms with Crippen LogP contribution in [0.15, 0.2) is 54.1 Å². The van der Waals surface area contributed by atoms with Crippen LogP contribution in [0.3, 0.4) is 0 Å². The summed E-state index contributed by atoms with van der Waals surface area (Å²) in [6.45, 7) is 1.95. The lowest BCUT2D eigenvalue weighted by molar-refractivity contribution is 0.243. The smallest absolute Gasteiger partial charge is 0.169 e. The summed E-state index contributed by atoms with van der Waals surface area (Å²) < 4.78 is 11.4. The van der Waals surface area contributed by atoms with Crippen LogP contribution in [-0.4, -0.2) is 23.2 Å². The van der Waals surface area contributed by atoms with Gasteiger partial charge in [-0.2, -0.15) is 5.26 Å². The Labute approximate surface area is 151 Å². The van der Waals surface area contributed by atoms with Gasteiger partial charge in [0.25, 0.3) is 0 Å². The van der Waals surface area contributed by atoms with Crippen molar-refractivity contribution in [3.63, 3.8) is 0 Å². The number of hydrogen-bond acceptors (Lipinski definition) is 4. The quantitative estimate of drug-likeness (QED) is 0.718. The first-order chi connectivity index (χ1) is 12.7. The molecule has 1 aromatic heterocycles. The van der Waals surface area contributed by atoms with E-state index in [2.05, 4.69) is 16.0 Å². The number of H-pyrrole nitrogens is 1. The van der Waals surface area contributed by atoms with Crippen LogP contribution >= 0.6 is 0 Å². The second kappa shape index (κ2) is 6.41. The average molecular weight is 343 g/mol. The molecule has 26 heavy (non-hydrogen) atoms. The van der Waals surface area contributed by atoms with Gasteiger partial charge in [0.1, 0.15) is 18.0 Å². The van der Waals surface area contributed by atoms with E-state index < -0.39 is 0 Å². The first-order valence-corrected chi connectivity index (χ1v) is 8.32. The van der Waals surface area contributed by atoms with E-state index in [-0.39, 0.29) is 6.10 Å². The molecule has 0 bridgehead atoms. The zero-order valence-corrected chi connectivity index (χ0v) is 14.5. The second-order valence-corrected chi connectivity index (χ2v) is 6.06. The Morgan fingerprint density at radius 2 is 2.12 bits per heavy atom. The van der Waals surface area contributed by atoms with Gasteiger partial charge < -0.3 is 14.5 Å². The van der Waals surface area contributed by atoms with Gasteiger partial charge in [0, 0.05) is 5.56 Å². The van der Waals surface area contributed by atoms with Crippen molar-refractivity contribution in [1.29, 1.82) is 5.26 Å². The van der Waals surface area contributed by atoms with Gasteiger partial charge in [0.15, 0.2) is 11.5 Å². The molecular formula is C21H17N3O2. The van der Waals surface area contributed by atoms with E-state index >= 15 is 0 Å². The number of fused-ring (bicyclic) bond motifs is 2. The number of nitriles is 1. The number of hydrogen-bond donors (Lipinski definition) is 1. The molecule has 1 aliphatic rings. The molecule has 4 rings (SSSR count). The highest BCUT2D eigenvalue weighted by Crippen LogP contribution is 2.38. The number of methoxy groups -OCH3 is 1. The van der Waals surface area contributed by atoms with Crippen molar-refractivity contribution in [1.82, 2.24) is 9.97 Å². The van der Waals surface area contributed by atoms with Crippen LogP contribution in [0.25, 0.3) is 22.7 Å². The molecule has 0 amide bonds. The number of allylic oxidation sites excluding steroid dienone is 1. The third kappa shape index (κ3) is 2.72. The van der Waals surface area contributed by atoms with Gasteiger partial charge in [-0.3, -0.25) is 0 Å². The predicted octanol–water partition coefficient (Wildman–Crippen LogP) is 4.34. The zero-order chi connectivity index (χ0) is 18.1. The Hall–Kier alpha value is -3.52. The average Bonchev–Trinajstić information content (AvgIpc) is 3.09. The van der Waals surface area contributed by atoms with Crippen molar-refractivity contribution in [3.05, 3.63) is 65.5 Å². The van der Waals surface area contributed by atoms with Crippen LogP contribution in [-0.2, 0) is 0 Å². The Morgan fingerprint density at radius 3 is 2.88 bits per heavy atom. The van der Waals surface area contributed by atoms with E-state index in [1.54, 1.807) is 7.11 Å². The van der Waals surface area contributed by atoms with Gasteiger partial charge in [-0.1, -0.05) is 24.3 Å². The number of aromatic amines is 1. The Morgan fingerprint density at radius 1 is 1.27 bits per heavy atom. The Balaban J connectivity index is 1.77. The molecule has 0 spiro atoms. The molecule has 5 nitrogen and oxygen atoms in total. The van der Waals surface area contributed by atoms with Crippen molar-refractivity contribution in [2.45, 2.75) is 13.0 Å². The maximum absolute atomic E-state index is 9.63. The summed E-state index contributed by atoms with van der Waals surface area (Å²) in [5.74, 6) is 1.98. The van der Waals surface area contributed by atoms with E-state index in [0.717, 1.165) is 27.9 Å². The molecule has 0 radical (unpaired) electrons. The molecule has 1 unspecified atom stereocenters. The maximum Gasteiger partial charge on any atom is 0.169 e. The molecule has 3 aromatic rings. The largest absolute Gasteiger partial charge is 0.493 e. The van der Waals surface area contributed by atoms with Crippen LogP contribution in [0.4, 0.5) is 0 Å². The minimum atomic E-state index is -0.202. The molecule has 2 aromatic carbocycles. The van der Waals surface area contributed by atoms with E-state index in [1.807, 2.05) is 61.5 Å². The monoisotopic (exact) mass is 343 g/mol. The number of imidazole rings is 1. The fraction of sp³-hybridized carbons (Fsp3) is 0.143. The summed E-state index contributed by atoms with van der Waals surface area (Å²) in [5, 5.41) is 9.63. The SMILES string of the molecule is COc1cccc2c1OC(C)C(C=C(C#N)c1nc3ccccc3[nH]1)=C2. The summed E-state index contributed by atoms with van der Waals surface area (Å²) >= 11 is 0. The summed E-state index contributed by atoms with van der Waals surface area (Å²) in [4.78, 5) is 7.71. The van der Waals surface area contributed by atoms with Crippen LogP contribution in [0.1, 0.15) is 18.3 Å². The molecule has 5 heteroatoms. The van der Waals surface area contributed by atoms with Crippen LogP contribution in [0.2, 0.25) is 0 Å². The lowest BCUT2D eigenvalue weighted by atomic mass is 10.00. The first kappa shape index (κ1) is 16.0. The summed E-state index contributed by atoms with van der Waals surface area (Å²) in [6, 6.07) is 15.7. The highest BCUT2D eigenvalue weighted by Gasteiger charge is 2.21. The Bertz CT molecular complexity index is 1050. The van der Waals surface area contributed by atoms with Gasteiger partial charge in [-0.05, 0) is 42.8 Å². The molecular weight excluding hydrogens is 326 g/mol. The molecule has 1 atom stereocenters. The number of aromatic nitrogens is 2. The van der Waals surface area contributed by atoms with Gasteiger partial charge >= 0.3 is 0 Å². The highest BCUT2D eigenvalue weighted by molar-refractivity contribution is 5.84. The molecule has 0 fully saturated rings. The number of ether oxygens (including phenoxy) is 2. The molecule has 1 aliphatic heterocycles. The molecule has 0 saturated heterocycles. The van der Waals surface area contributed by atoms with Crippen LogP contribution in [0, 0.1) is 11.3 Å². The summed E-state index contributed by atoms with van der Waals surface area (Å²) in [6.07, 6.45) is 3.64. The standard InChI is InChI=1S/C21H17N3O2/c1-13-15(10-14-6-5-9-19(25-2)20(14)26-13)11-16(12-22)21-23-17-7-3-4-8-18(17)24-21/h3-11,13H,1-2H3,(H,23,24). The third-order valence-electron chi connectivity index (χ3n) is 4.39. The molecule has 1 N–H and O–H groups in total. The summed E-state index contributed by atoms with van der Waals surface area (Å²) in [5.41, 5.74) is 4.04. The Kier molecular flexibility index (Phi) is 3.94. The number of benzene rings is 2. The van der Waals surface area contributed by atoms with E-state index in [9.17, 15) is 5.26 Å². The van der Waals surface area contributed by atoms with Crippen molar-refractivity contribution < 1.29 is 9.47 Å². The number of nitrogens with one attached hydrogen (secondary N) is 1. The predicted molar refractivity (Wildman–Crippen MR) is 101 cm³/mol. The molecule has 128 valence electrons. The van der Waals surface area contributed by atoms with Crippen molar-refractivity contribution in [2.75, 3.05) is 7.11 Å². The number of rotatable bonds is 3. The lowest BCUT2D eigenvalue weighted by Crippen LogP contribution is -2.18. The summed E-state index contributed by atoms with van der Waals surface area (Å²) in [7, 11) is 1.62. The fourth-order valence-electron chi connectivity index (χ4n) is 3.03. The van der Waals surface area contributed by atoms with Gasteiger partial charge in [0.05, 0.1) is 23.7 Å². The highest BCUT2D eigenvalue weighted by atomic mass is 16.5. The topological polar surface area (TPSA) is 70.9 Å². The minimum absolute atomic E-state index is 0.202. The minimum Gasteiger partial charge on any atom is -0.493 e. The van der Waals surface area contributed by atoms with Crippen LogP contribution < -0.4 is 9.47 Å². The first-order valence-electron chi connectivity index (χ1n) is 8.32. The molecule has 2 heterocycles. The van der Waals surface area contributed by atoms with E-state index in [1.165, 1.54) is 0 Å². The van der Waals surface area contributed by atoms with Crippen molar-refractivity contribution in [2.24, 2.45) is 0 Å². The molecule has 0 aliphatic carbocycles. The second-order valence-electron chi connectivity index (χ2n) is 6.06. The van der Waals surface area contributed by atoms with E-state index in [4.69, 9.17) is 9.47 Å². The van der Waals surface area contributed by atoms with Gasteiger partial charge in [-0.25, -0.2) is 4.98 Å². The van der Waals surface area contributed by atoms with Crippen molar-refractivity contribution >= 4 is 22.7 Å². The number of nitrogens with zero attached hydrogens (tertiary/aromatic N) is 2. The van der Waals surface area contributed by atoms with Crippen molar-refractivity contribution in [3.8, 4) is 17.6 Å². The molecule has 0 saturated carbocycles. The van der Waals surface area contributed by atoms with Gasteiger partial charge in [-0.15, -0.1) is 0 Å². The van der Waals surface area contributed by atoms with E-state index in [0.29, 0.717) is 17.1 Å². The normalized spacial score (nSPS) is 16.4. The number of para-hydroxylation sites is 3. The fourth-order valence-corrected chi connectivity index (χ4v) is 3.03. The maximum atomic E-state index is 9.63.